The molecule has 3 aromatic carbocycles. The van der Waals surface area contributed by atoms with E-state index in [2.05, 4.69) is 61.1 Å². The molecule has 2 aliphatic rings. The molecule has 0 unspecified atom stereocenters. The Balaban J connectivity index is 1.000. The summed E-state index contributed by atoms with van der Waals surface area (Å²) in [6.45, 7) is 16.3. The molecule has 1 saturated heterocycles. The van der Waals surface area contributed by atoms with Crippen molar-refractivity contribution in [2.24, 2.45) is 16.2 Å². The number of likely N-dealkylation sites (tertiary alicyclic amines) is 1. The Kier molecular flexibility index (Phi) is 16.1. The zero-order chi connectivity index (χ0) is 47.0. The highest BCUT2D eigenvalue weighted by Gasteiger charge is 2.64. The van der Waals surface area contributed by atoms with Crippen LogP contribution < -0.4 is 26.0 Å². The second-order valence-corrected chi connectivity index (χ2v) is 19.6. The third-order valence-corrected chi connectivity index (χ3v) is 12.6. The SMILES string of the molecule is C[C@H](NC(=O)[C@@H]1C[C@@H](O)CN1C(=O)[C@@H](NC(=O)COCCCCCNc1ccc(C(=O)N[C@H]2C(C)(C)[C@H](Oc3ccc(C#N)c(Cl)c3)C2(C)C)cc1)C(C)(C)C)c1ccc(C#N)cc1. The average Bonchev–Trinajstić information content (AvgIpc) is 3.65. The maximum atomic E-state index is 13.9. The number of unbranched alkanes of at least 4 members (excludes halogenated alkanes) is 2. The van der Waals surface area contributed by atoms with Crippen LogP contribution in [0.3, 0.4) is 0 Å². The van der Waals surface area contributed by atoms with Crippen LogP contribution in [-0.2, 0) is 19.1 Å². The van der Waals surface area contributed by atoms with Gasteiger partial charge < -0.3 is 40.7 Å². The Labute approximate surface area is 382 Å². The zero-order valence-electron chi connectivity index (χ0n) is 38.1. The predicted molar refractivity (Wildman–Crippen MR) is 244 cm³/mol. The Morgan fingerprint density at radius 3 is 2.20 bits per heavy atom. The highest BCUT2D eigenvalue weighted by molar-refractivity contribution is 6.31. The molecule has 1 heterocycles. The van der Waals surface area contributed by atoms with Gasteiger partial charge in [-0.25, -0.2) is 0 Å². The van der Waals surface area contributed by atoms with E-state index in [1.807, 2.05) is 32.9 Å². The van der Waals surface area contributed by atoms with Crippen LogP contribution in [0.2, 0.25) is 5.02 Å². The van der Waals surface area contributed by atoms with Gasteiger partial charge in [-0.2, -0.15) is 10.5 Å². The number of aliphatic hydroxyl groups excluding tert-OH is 1. The highest BCUT2D eigenvalue weighted by Crippen LogP contribution is 2.55. The lowest BCUT2D eigenvalue weighted by atomic mass is 9.49. The summed E-state index contributed by atoms with van der Waals surface area (Å²) in [5, 5.41) is 41.5. The molecule has 5 N–H and O–H groups in total. The summed E-state index contributed by atoms with van der Waals surface area (Å²) < 4.78 is 12.0. The number of aliphatic hydroxyl groups is 1. The van der Waals surface area contributed by atoms with Crippen LogP contribution in [0.5, 0.6) is 5.75 Å². The first-order chi connectivity index (χ1) is 30.2. The van der Waals surface area contributed by atoms with E-state index < -0.39 is 47.4 Å². The van der Waals surface area contributed by atoms with Gasteiger partial charge in [-0.3, -0.25) is 19.2 Å². The lowest BCUT2D eigenvalue weighted by molar-refractivity contribution is -0.164. The fourth-order valence-corrected chi connectivity index (χ4v) is 9.23. The normalized spacial score (nSPS) is 20.7. The summed E-state index contributed by atoms with van der Waals surface area (Å²) in [5.41, 5.74) is 1.66. The van der Waals surface area contributed by atoms with E-state index in [1.165, 1.54) is 4.90 Å². The summed E-state index contributed by atoms with van der Waals surface area (Å²) >= 11 is 6.23. The van der Waals surface area contributed by atoms with Gasteiger partial charge in [0.25, 0.3) is 5.91 Å². The van der Waals surface area contributed by atoms with E-state index >= 15 is 0 Å². The van der Waals surface area contributed by atoms with E-state index in [0.29, 0.717) is 40.6 Å². The van der Waals surface area contributed by atoms with Gasteiger partial charge >= 0.3 is 0 Å². The van der Waals surface area contributed by atoms with E-state index in [0.717, 1.165) is 30.5 Å². The van der Waals surface area contributed by atoms with Crippen molar-refractivity contribution in [3.63, 3.8) is 0 Å². The summed E-state index contributed by atoms with van der Waals surface area (Å²) in [4.78, 5) is 55.1. The number of β-amino-alcohol motifs (C(OH)–C–C–N with tert-alkyl or cyclic N) is 1. The molecule has 4 atom stereocenters. The molecule has 0 aromatic heterocycles. The third-order valence-electron chi connectivity index (χ3n) is 12.3. The van der Waals surface area contributed by atoms with Crippen LogP contribution in [0.4, 0.5) is 5.69 Å². The van der Waals surface area contributed by atoms with Crippen molar-refractivity contribution >= 4 is 40.9 Å². The molecule has 1 saturated carbocycles. The number of carbonyl (C=O) groups excluding carboxylic acids is 4. The first-order valence-electron chi connectivity index (χ1n) is 21.8. The van der Waals surface area contributed by atoms with Crippen molar-refractivity contribution in [3.8, 4) is 17.9 Å². The number of benzene rings is 3. The molecule has 1 aliphatic carbocycles. The molecule has 4 amide bonds. The van der Waals surface area contributed by atoms with Gasteiger partial charge in [0.15, 0.2) is 0 Å². The van der Waals surface area contributed by atoms with Crippen molar-refractivity contribution in [2.75, 3.05) is 31.6 Å². The lowest BCUT2D eigenvalue weighted by Crippen LogP contribution is -2.74. The molecular formula is C49H62ClN7O7. The largest absolute Gasteiger partial charge is 0.489 e. The monoisotopic (exact) mass is 895 g/mol. The number of hydrogen-bond donors (Lipinski definition) is 5. The summed E-state index contributed by atoms with van der Waals surface area (Å²) in [6, 6.07) is 20.9. The van der Waals surface area contributed by atoms with Crippen molar-refractivity contribution in [1.29, 1.82) is 10.5 Å². The molecule has 2 fully saturated rings. The molecular weight excluding hydrogens is 834 g/mol. The summed E-state index contributed by atoms with van der Waals surface area (Å²) in [7, 11) is 0. The second kappa shape index (κ2) is 20.9. The molecule has 0 radical (unpaired) electrons. The average molecular weight is 897 g/mol. The van der Waals surface area contributed by atoms with E-state index in [1.54, 1.807) is 61.5 Å². The number of nitrogens with one attached hydrogen (secondary N) is 4. The minimum absolute atomic E-state index is 0.0334. The van der Waals surface area contributed by atoms with Crippen LogP contribution in [0.15, 0.2) is 66.7 Å². The second-order valence-electron chi connectivity index (χ2n) is 19.1. The van der Waals surface area contributed by atoms with Crippen molar-refractivity contribution in [1.82, 2.24) is 20.9 Å². The Hall–Kier alpha value is -5.67. The maximum Gasteiger partial charge on any atom is 0.251 e. The van der Waals surface area contributed by atoms with Crippen molar-refractivity contribution in [2.45, 2.75) is 117 Å². The molecule has 3 aromatic rings. The van der Waals surface area contributed by atoms with Crippen LogP contribution in [0.25, 0.3) is 0 Å². The number of anilines is 1. The number of halogens is 1. The van der Waals surface area contributed by atoms with Crippen molar-refractivity contribution in [3.05, 3.63) is 94.0 Å². The fourth-order valence-electron chi connectivity index (χ4n) is 9.02. The van der Waals surface area contributed by atoms with Crippen LogP contribution >= 0.6 is 11.6 Å². The molecule has 15 heteroatoms. The Morgan fingerprint density at radius 1 is 0.922 bits per heavy atom. The number of amides is 4. The topological polar surface area (TPSA) is 206 Å². The van der Waals surface area contributed by atoms with E-state index in [9.17, 15) is 29.5 Å². The quantitative estimate of drug-likeness (QED) is 0.0859. The Bertz CT molecular complexity index is 2210. The standard InChI is InChI=1S/C49H62ClN7O7/c1-30(32-14-12-31(26-51)13-15-32)54-43(61)39-24-36(58)28-57(39)44(62)41(47(2,3)4)55-40(59)29-63-23-11-9-10-22-53-35-19-16-33(17-20-35)42(60)56-45-48(5,6)46(49(45,7)8)64-37-21-18-34(27-52)38(50)25-37/h12-21,25,30,36,39,41,45-46,53,58H,9-11,22-24,28-29H2,1-8H3,(H,54,61)(H,55,59)(H,56,60)/t30-,36+,39-,41+,45-,46-/m0/s1. The van der Waals surface area contributed by atoms with Gasteiger partial charge in [-0.05, 0) is 85.7 Å². The minimum atomic E-state index is -0.965. The number of nitriles is 2. The molecule has 342 valence electrons. The summed E-state index contributed by atoms with van der Waals surface area (Å²) in [5.74, 6) is -0.910. The highest BCUT2D eigenvalue weighted by atomic mass is 35.5. The smallest absolute Gasteiger partial charge is 0.251 e. The van der Waals surface area contributed by atoms with Crippen LogP contribution in [-0.4, -0.2) is 90.3 Å². The Morgan fingerprint density at radius 2 is 1.59 bits per heavy atom. The van der Waals surface area contributed by atoms with Gasteiger partial charge in [-0.1, -0.05) is 72.2 Å². The van der Waals surface area contributed by atoms with Gasteiger partial charge in [0.1, 0.15) is 36.6 Å². The molecule has 14 nitrogen and oxygen atoms in total. The van der Waals surface area contributed by atoms with E-state index in [-0.39, 0.29) is 48.5 Å². The minimum Gasteiger partial charge on any atom is -0.489 e. The van der Waals surface area contributed by atoms with Crippen LogP contribution in [0, 0.1) is 38.9 Å². The molecule has 0 bridgehead atoms. The summed E-state index contributed by atoms with van der Waals surface area (Å²) in [6.07, 6.45) is 1.40. The number of rotatable bonds is 18. The molecule has 1 aliphatic heterocycles. The van der Waals surface area contributed by atoms with Gasteiger partial charge in [0, 0.05) is 60.3 Å². The lowest BCUT2D eigenvalue weighted by Gasteiger charge is -2.63. The zero-order valence-corrected chi connectivity index (χ0v) is 38.8. The van der Waals surface area contributed by atoms with E-state index in [4.69, 9.17) is 26.3 Å². The van der Waals surface area contributed by atoms with Crippen molar-refractivity contribution < 1.29 is 33.8 Å². The number of ether oxygens (including phenoxy) is 2. The number of hydrogen-bond acceptors (Lipinski definition) is 10. The number of carbonyl (C=O) groups is 4. The van der Waals surface area contributed by atoms with Gasteiger partial charge in [-0.15, -0.1) is 0 Å². The molecule has 5 rings (SSSR count). The first kappa shape index (κ1) is 49.3. The van der Waals surface area contributed by atoms with Gasteiger partial charge in [0.05, 0.1) is 34.4 Å². The third kappa shape index (κ3) is 11.9. The maximum absolute atomic E-state index is 13.9. The van der Waals surface area contributed by atoms with Gasteiger partial charge in [0.2, 0.25) is 17.7 Å². The molecule has 64 heavy (non-hydrogen) atoms. The van der Waals surface area contributed by atoms with Crippen LogP contribution in [0.1, 0.15) is 114 Å². The predicted octanol–water partition coefficient (Wildman–Crippen LogP) is 6.66. The molecule has 0 spiro atoms. The fraction of sp³-hybridized carbons (Fsp3) is 0.510. The number of nitrogens with zero attached hydrogens (tertiary/aromatic N) is 3. The first-order valence-corrected chi connectivity index (χ1v) is 22.2.